The zero-order chi connectivity index (χ0) is 9.26. The molecule has 0 bridgehead atoms. The van der Waals surface area contributed by atoms with Crippen LogP contribution in [-0.2, 0) is 4.79 Å². The van der Waals surface area contributed by atoms with E-state index in [1.807, 2.05) is 0 Å². The third kappa shape index (κ3) is 1.43. The minimum absolute atomic E-state index is 0.221. The van der Waals surface area contributed by atoms with Gasteiger partial charge in [0, 0.05) is 6.54 Å². The highest BCUT2D eigenvalue weighted by atomic mass is 16.2. The molecule has 0 saturated heterocycles. The lowest BCUT2D eigenvalue weighted by molar-refractivity contribution is -0.117. The van der Waals surface area contributed by atoms with Gasteiger partial charge in [0.15, 0.2) is 5.82 Å². The van der Waals surface area contributed by atoms with Crippen molar-refractivity contribution in [2.24, 2.45) is 5.73 Å². The Bertz CT molecular complexity index is 339. The molecule has 0 fully saturated rings. The summed E-state index contributed by atoms with van der Waals surface area (Å²) in [5.74, 6) is 0.386. The highest BCUT2D eigenvalue weighted by molar-refractivity contribution is 5.98. The number of aromatic nitrogens is 2. The van der Waals surface area contributed by atoms with Gasteiger partial charge in [-0.05, 0) is 0 Å². The number of nitrogens with one attached hydrogen (secondary N) is 2. The molecular weight excluding hydrogens is 170 g/mol. The minimum atomic E-state index is -0.547. The highest BCUT2D eigenvalue weighted by Crippen LogP contribution is 2.18. The number of nitrogens with zero attached hydrogens (tertiary/aromatic N) is 2. The molecule has 0 radical (unpaired) electrons. The average molecular weight is 179 g/mol. The molecular formula is C7H9N5O. The molecule has 1 aromatic heterocycles. The van der Waals surface area contributed by atoms with Crippen LogP contribution in [0.4, 0.5) is 11.5 Å². The van der Waals surface area contributed by atoms with Crippen LogP contribution >= 0.6 is 0 Å². The van der Waals surface area contributed by atoms with E-state index in [1.165, 1.54) is 12.5 Å². The molecule has 0 saturated carbocycles. The number of amides is 1. The van der Waals surface area contributed by atoms with Crippen LogP contribution in [0.5, 0.6) is 0 Å². The van der Waals surface area contributed by atoms with E-state index in [2.05, 4.69) is 20.6 Å². The van der Waals surface area contributed by atoms with Gasteiger partial charge in [0.2, 0.25) is 5.91 Å². The van der Waals surface area contributed by atoms with Gasteiger partial charge in [0.1, 0.15) is 18.1 Å². The largest absolute Gasteiger partial charge is 0.366 e. The second-order valence-electron chi connectivity index (χ2n) is 2.76. The maximum atomic E-state index is 11.2. The molecule has 13 heavy (non-hydrogen) atoms. The van der Waals surface area contributed by atoms with Crippen molar-refractivity contribution < 1.29 is 4.79 Å². The second-order valence-corrected chi connectivity index (χ2v) is 2.76. The lowest BCUT2D eigenvalue weighted by Crippen LogP contribution is -2.39. The number of nitrogens with two attached hydrogens (primary N) is 1. The fraction of sp³-hybridized carbons (Fsp3) is 0.286. The number of rotatable bonds is 0. The van der Waals surface area contributed by atoms with E-state index in [1.54, 1.807) is 0 Å². The van der Waals surface area contributed by atoms with Gasteiger partial charge < -0.3 is 16.4 Å². The molecule has 68 valence electrons. The molecule has 0 aliphatic carbocycles. The molecule has 1 aliphatic heterocycles. The molecule has 1 aliphatic rings. The van der Waals surface area contributed by atoms with E-state index in [0.29, 0.717) is 18.1 Å². The van der Waals surface area contributed by atoms with Gasteiger partial charge in [0.05, 0.1) is 6.20 Å². The Labute approximate surface area is 74.6 Å². The minimum Gasteiger partial charge on any atom is -0.366 e. The van der Waals surface area contributed by atoms with Crippen LogP contribution in [-0.4, -0.2) is 28.5 Å². The topological polar surface area (TPSA) is 92.9 Å². The molecule has 1 amide bonds. The van der Waals surface area contributed by atoms with Crippen molar-refractivity contribution in [1.82, 2.24) is 9.97 Å². The number of hydrogen-bond donors (Lipinski definition) is 3. The summed E-state index contributed by atoms with van der Waals surface area (Å²) in [5.41, 5.74) is 6.10. The molecule has 1 atom stereocenters. The van der Waals surface area contributed by atoms with E-state index in [0.717, 1.165) is 0 Å². The van der Waals surface area contributed by atoms with E-state index < -0.39 is 6.04 Å². The average Bonchev–Trinajstić information content (AvgIpc) is 2.28. The Morgan fingerprint density at radius 3 is 3.31 bits per heavy atom. The summed E-state index contributed by atoms with van der Waals surface area (Å²) in [6.07, 6.45) is 2.94. The molecule has 1 aromatic rings. The van der Waals surface area contributed by atoms with Crippen molar-refractivity contribution in [2.75, 3.05) is 17.2 Å². The van der Waals surface area contributed by atoms with Crippen molar-refractivity contribution in [3.8, 4) is 0 Å². The third-order valence-corrected chi connectivity index (χ3v) is 1.80. The number of carbonyl (C=O) groups is 1. The van der Waals surface area contributed by atoms with Gasteiger partial charge in [-0.2, -0.15) is 0 Å². The number of fused-ring (bicyclic) bond motifs is 1. The first kappa shape index (κ1) is 7.93. The van der Waals surface area contributed by atoms with Gasteiger partial charge in [-0.15, -0.1) is 0 Å². The molecule has 6 heteroatoms. The second kappa shape index (κ2) is 2.98. The number of anilines is 2. The predicted octanol–water partition coefficient (Wildman–Crippen LogP) is -0.832. The van der Waals surface area contributed by atoms with Crippen LogP contribution in [0.1, 0.15) is 0 Å². The fourth-order valence-corrected chi connectivity index (χ4v) is 1.09. The standard InChI is InChI=1S/C7H9N5O/c8-4-1-10-6-5(12-7(4)13)2-9-3-11-6/h2-4H,1,8H2,(H,12,13)(H,9,10,11). The van der Waals surface area contributed by atoms with Crippen molar-refractivity contribution in [1.29, 1.82) is 0 Å². The first-order valence-electron chi connectivity index (χ1n) is 3.87. The quantitative estimate of drug-likeness (QED) is 0.483. The zero-order valence-corrected chi connectivity index (χ0v) is 6.82. The summed E-state index contributed by atoms with van der Waals surface area (Å²) in [7, 11) is 0. The number of hydrogen-bond acceptors (Lipinski definition) is 5. The third-order valence-electron chi connectivity index (χ3n) is 1.80. The summed E-state index contributed by atoms with van der Waals surface area (Å²) in [6.45, 7) is 0.385. The van der Waals surface area contributed by atoms with Crippen LogP contribution < -0.4 is 16.4 Å². The van der Waals surface area contributed by atoms with Gasteiger partial charge >= 0.3 is 0 Å². The molecule has 0 aromatic carbocycles. The summed E-state index contributed by atoms with van der Waals surface area (Å²) in [4.78, 5) is 19.0. The van der Waals surface area contributed by atoms with Crippen molar-refractivity contribution >= 4 is 17.4 Å². The molecule has 2 heterocycles. The van der Waals surface area contributed by atoms with Crippen LogP contribution in [0.2, 0.25) is 0 Å². The molecule has 1 unspecified atom stereocenters. The Hall–Kier alpha value is -1.69. The van der Waals surface area contributed by atoms with E-state index in [4.69, 9.17) is 5.73 Å². The first-order valence-corrected chi connectivity index (χ1v) is 3.87. The SMILES string of the molecule is NC1CNc2ncncc2NC1=O. The van der Waals surface area contributed by atoms with Crippen LogP contribution in [0.15, 0.2) is 12.5 Å². The van der Waals surface area contributed by atoms with Crippen molar-refractivity contribution in [3.63, 3.8) is 0 Å². The summed E-state index contributed by atoms with van der Waals surface area (Å²) in [6, 6.07) is -0.547. The molecule has 2 rings (SSSR count). The zero-order valence-electron chi connectivity index (χ0n) is 6.82. The Kier molecular flexibility index (Phi) is 1.82. The van der Waals surface area contributed by atoms with E-state index >= 15 is 0 Å². The fourth-order valence-electron chi connectivity index (χ4n) is 1.09. The lowest BCUT2D eigenvalue weighted by atomic mass is 10.3. The van der Waals surface area contributed by atoms with E-state index in [9.17, 15) is 4.79 Å². The maximum absolute atomic E-state index is 11.2. The normalized spacial score (nSPS) is 21.0. The van der Waals surface area contributed by atoms with Gasteiger partial charge in [-0.1, -0.05) is 0 Å². The molecule has 4 N–H and O–H groups in total. The maximum Gasteiger partial charge on any atom is 0.243 e. The van der Waals surface area contributed by atoms with Gasteiger partial charge in [0.25, 0.3) is 0 Å². The monoisotopic (exact) mass is 179 g/mol. The summed E-state index contributed by atoms with van der Waals surface area (Å²) >= 11 is 0. The lowest BCUT2D eigenvalue weighted by Gasteiger charge is -2.04. The Morgan fingerprint density at radius 1 is 1.62 bits per heavy atom. The summed E-state index contributed by atoms with van der Waals surface area (Å²) < 4.78 is 0. The van der Waals surface area contributed by atoms with Crippen molar-refractivity contribution in [2.45, 2.75) is 6.04 Å². The summed E-state index contributed by atoms with van der Waals surface area (Å²) in [5, 5.41) is 5.57. The van der Waals surface area contributed by atoms with E-state index in [-0.39, 0.29) is 5.91 Å². The smallest absolute Gasteiger partial charge is 0.243 e. The predicted molar refractivity (Wildman–Crippen MR) is 47.1 cm³/mol. The van der Waals surface area contributed by atoms with Gasteiger partial charge in [-0.3, -0.25) is 4.79 Å². The van der Waals surface area contributed by atoms with Crippen LogP contribution in [0, 0.1) is 0 Å². The van der Waals surface area contributed by atoms with Crippen LogP contribution in [0.25, 0.3) is 0 Å². The number of carbonyl (C=O) groups excluding carboxylic acids is 1. The molecule has 6 nitrogen and oxygen atoms in total. The Morgan fingerprint density at radius 2 is 2.46 bits per heavy atom. The highest BCUT2D eigenvalue weighted by Gasteiger charge is 2.19. The van der Waals surface area contributed by atoms with Crippen LogP contribution in [0.3, 0.4) is 0 Å². The van der Waals surface area contributed by atoms with Crippen molar-refractivity contribution in [3.05, 3.63) is 12.5 Å². The Balaban J connectivity index is 2.35. The molecule has 0 spiro atoms. The first-order chi connectivity index (χ1) is 6.27. The van der Waals surface area contributed by atoms with Gasteiger partial charge in [-0.25, -0.2) is 9.97 Å².